The molecule has 2 nitrogen and oxygen atoms in total. The van der Waals surface area contributed by atoms with E-state index in [0.717, 1.165) is 0 Å². The van der Waals surface area contributed by atoms with Crippen LogP contribution in [0.3, 0.4) is 0 Å². The Bertz CT molecular complexity index is 541. The summed E-state index contributed by atoms with van der Waals surface area (Å²) < 4.78 is 0. The van der Waals surface area contributed by atoms with Gasteiger partial charge in [0.15, 0.2) is 0 Å². The van der Waals surface area contributed by atoms with Gasteiger partial charge in [-0.15, -0.1) is 11.8 Å². The monoisotopic (exact) mass is 270 g/mol. The molecule has 2 atom stereocenters. The number of nitrogens with one attached hydrogen (secondary N) is 1. The van der Waals surface area contributed by atoms with E-state index in [9.17, 15) is 0 Å². The zero-order valence-corrected chi connectivity index (χ0v) is 11.9. The molecule has 0 saturated heterocycles. The Kier molecular flexibility index (Phi) is 3.85. The van der Waals surface area contributed by atoms with Gasteiger partial charge >= 0.3 is 0 Å². The average molecular weight is 270 g/mol. The van der Waals surface area contributed by atoms with Gasteiger partial charge in [0, 0.05) is 29.4 Å². The molecule has 2 aromatic rings. The second-order valence-corrected chi connectivity index (χ2v) is 6.03. The van der Waals surface area contributed by atoms with Crippen molar-refractivity contribution in [1.82, 2.24) is 10.3 Å². The van der Waals surface area contributed by atoms with E-state index in [1.807, 2.05) is 24.2 Å². The van der Waals surface area contributed by atoms with E-state index in [4.69, 9.17) is 0 Å². The lowest BCUT2D eigenvalue weighted by atomic mass is 10.0. The quantitative estimate of drug-likeness (QED) is 0.913. The smallest absolute Gasteiger partial charge is 0.0344 e. The minimum Gasteiger partial charge on any atom is -0.303 e. The Morgan fingerprint density at radius 2 is 2.00 bits per heavy atom. The van der Waals surface area contributed by atoms with Gasteiger partial charge in [-0.25, -0.2) is 0 Å². The number of hydrogen-bond acceptors (Lipinski definition) is 3. The third-order valence-electron chi connectivity index (χ3n) is 3.62. The molecule has 0 radical (unpaired) electrons. The van der Waals surface area contributed by atoms with E-state index in [1.165, 1.54) is 28.2 Å². The van der Waals surface area contributed by atoms with Crippen molar-refractivity contribution in [1.29, 1.82) is 0 Å². The van der Waals surface area contributed by atoms with E-state index in [0.29, 0.717) is 12.1 Å². The van der Waals surface area contributed by atoms with Crippen LogP contribution in [0, 0.1) is 0 Å². The predicted octanol–water partition coefficient (Wildman–Crippen LogP) is 3.97. The van der Waals surface area contributed by atoms with Gasteiger partial charge in [0.05, 0.1) is 0 Å². The molecule has 3 heteroatoms. The van der Waals surface area contributed by atoms with Crippen molar-refractivity contribution in [3.05, 3.63) is 59.9 Å². The molecule has 0 bridgehead atoms. The first-order valence-corrected chi connectivity index (χ1v) is 7.71. The maximum Gasteiger partial charge on any atom is 0.0344 e. The van der Waals surface area contributed by atoms with Crippen molar-refractivity contribution >= 4 is 11.8 Å². The van der Waals surface area contributed by atoms with Crippen LogP contribution in [-0.2, 0) is 0 Å². The highest BCUT2D eigenvalue weighted by Crippen LogP contribution is 2.36. The fraction of sp³-hybridized carbons (Fsp3) is 0.312. The lowest BCUT2D eigenvalue weighted by Gasteiger charge is -2.29. The van der Waals surface area contributed by atoms with Gasteiger partial charge in [-0.1, -0.05) is 18.2 Å². The van der Waals surface area contributed by atoms with Crippen LogP contribution in [0.5, 0.6) is 0 Å². The SMILES string of the molecule is CC(NC1CCSc2ccccc21)c1ccncc1. The Hall–Kier alpha value is -1.32. The lowest BCUT2D eigenvalue weighted by molar-refractivity contribution is 0.450. The number of hydrogen-bond donors (Lipinski definition) is 1. The van der Waals surface area contributed by atoms with E-state index in [2.05, 4.69) is 53.6 Å². The number of benzene rings is 1. The van der Waals surface area contributed by atoms with Gasteiger partial charge in [0.25, 0.3) is 0 Å². The van der Waals surface area contributed by atoms with Gasteiger partial charge < -0.3 is 5.32 Å². The van der Waals surface area contributed by atoms with Gasteiger partial charge in [0.2, 0.25) is 0 Å². The summed E-state index contributed by atoms with van der Waals surface area (Å²) in [5.74, 6) is 1.19. The summed E-state index contributed by atoms with van der Waals surface area (Å²) in [6, 6.07) is 13.7. The summed E-state index contributed by atoms with van der Waals surface area (Å²) >= 11 is 1.97. The standard InChI is InChI=1S/C16H18N2S/c1-12(13-6-9-17-10-7-13)18-15-8-11-19-16-5-3-2-4-14(15)16/h2-7,9-10,12,15,18H,8,11H2,1H3. The molecule has 19 heavy (non-hydrogen) atoms. The van der Waals surface area contributed by atoms with Crippen LogP contribution in [0.4, 0.5) is 0 Å². The molecule has 0 fully saturated rings. The fourth-order valence-electron chi connectivity index (χ4n) is 2.57. The first-order chi connectivity index (χ1) is 9.34. The summed E-state index contributed by atoms with van der Waals surface area (Å²) in [7, 11) is 0. The van der Waals surface area contributed by atoms with Gasteiger partial charge in [-0.3, -0.25) is 4.98 Å². The Morgan fingerprint density at radius 1 is 1.21 bits per heavy atom. The fourth-order valence-corrected chi connectivity index (χ4v) is 3.69. The maximum atomic E-state index is 4.08. The molecular formula is C16H18N2S. The van der Waals surface area contributed by atoms with Crippen LogP contribution < -0.4 is 5.32 Å². The third-order valence-corrected chi connectivity index (χ3v) is 4.74. The van der Waals surface area contributed by atoms with E-state index >= 15 is 0 Å². The van der Waals surface area contributed by atoms with Gasteiger partial charge in [0.1, 0.15) is 0 Å². The second-order valence-electron chi connectivity index (χ2n) is 4.90. The van der Waals surface area contributed by atoms with Crippen molar-refractivity contribution in [2.24, 2.45) is 0 Å². The van der Waals surface area contributed by atoms with Crippen LogP contribution in [0.15, 0.2) is 53.7 Å². The first-order valence-electron chi connectivity index (χ1n) is 6.72. The van der Waals surface area contributed by atoms with Crippen LogP contribution in [0.2, 0.25) is 0 Å². The number of fused-ring (bicyclic) bond motifs is 1. The highest BCUT2D eigenvalue weighted by atomic mass is 32.2. The molecule has 0 saturated carbocycles. The molecule has 0 amide bonds. The first kappa shape index (κ1) is 12.7. The zero-order valence-electron chi connectivity index (χ0n) is 11.0. The van der Waals surface area contributed by atoms with E-state index in [1.54, 1.807) is 0 Å². The number of pyridine rings is 1. The summed E-state index contributed by atoms with van der Waals surface area (Å²) in [4.78, 5) is 5.50. The topological polar surface area (TPSA) is 24.9 Å². The zero-order chi connectivity index (χ0) is 13.1. The Balaban J connectivity index is 1.78. The van der Waals surface area contributed by atoms with E-state index in [-0.39, 0.29) is 0 Å². The van der Waals surface area contributed by atoms with Crippen LogP contribution in [0.25, 0.3) is 0 Å². The van der Waals surface area contributed by atoms with Gasteiger partial charge in [-0.05, 0) is 48.4 Å². The Morgan fingerprint density at radius 3 is 2.84 bits per heavy atom. The Labute approximate surface area is 118 Å². The number of thioether (sulfide) groups is 1. The molecule has 1 aliphatic heterocycles. The molecule has 1 aromatic carbocycles. The average Bonchev–Trinajstić information content (AvgIpc) is 2.48. The molecule has 98 valence electrons. The summed E-state index contributed by atoms with van der Waals surface area (Å²) in [5, 5.41) is 3.75. The molecule has 0 aliphatic carbocycles. The predicted molar refractivity (Wildman–Crippen MR) is 80.3 cm³/mol. The normalized spacial score (nSPS) is 19.7. The number of rotatable bonds is 3. The molecule has 1 aliphatic rings. The minimum atomic E-state index is 0.351. The largest absolute Gasteiger partial charge is 0.303 e. The lowest BCUT2D eigenvalue weighted by Crippen LogP contribution is -2.27. The highest BCUT2D eigenvalue weighted by Gasteiger charge is 2.21. The number of aromatic nitrogens is 1. The second kappa shape index (κ2) is 5.76. The number of nitrogens with zero attached hydrogens (tertiary/aromatic N) is 1. The maximum absolute atomic E-state index is 4.08. The molecule has 0 spiro atoms. The molecule has 3 rings (SSSR count). The third kappa shape index (κ3) is 2.82. The minimum absolute atomic E-state index is 0.351. The summed E-state index contributed by atoms with van der Waals surface area (Å²) in [5.41, 5.74) is 2.74. The van der Waals surface area contributed by atoms with Crippen LogP contribution in [-0.4, -0.2) is 10.7 Å². The summed E-state index contributed by atoms with van der Waals surface area (Å²) in [6.45, 7) is 2.22. The molecule has 2 heterocycles. The van der Waals surface area contributed by atoms with Crippen LogP contribution >= 0.6 is 11.8 Å². The van der Waals surface area contributed by atoms with Gasteiger partial charge in [-0.2, -0.15) is 0 Å². The van der Waals surface area contributed by atoms with Crippen LogP contribution in [0.1, 0.15) is 36.6 Å². The molecule has 1 N–H and O–H groups in total. The van der Waals surface area contributed by atoms with Crippen molar-refractivity contribution in [3.63, 3.8) is 0 Å². The highest BCUT2D eigenvalue weighted by molar-refractivity contribution is 7.99. The van der Waals surface area contributed by atoms with E-state index < -0.39 is 0 Å². The van der Waals surface area contributed by atoms with Crippen molar-refractivity contribution < 1.29 is 0 Å². The summed E-state index contributed by atoms with van der Waals surface area (Å²) in [6.07, 6.45) is 4.91. The van der Waals surface area contributed by atoms with Crippen molar-refractivity contribution in [2.45, 2.75) is 30.3 Å². The molecule has 2 unspecified atom stereocenters. The molecular weight excluding hydrogens is 252 g/mol. The molecule has 1 aromatic heterocycles. The van der Waals surface area contributed by atoms with Crippen molar-refractivity contribution in [2.75, 3.05) is 5.75 Å². The van der Waals surface area contributed by atoms with Crippen molar-refractivity contribution in [3.8, 4) is 0 Å².